The van der Waals surface area contributed by atoms with Gasteiger partial charge in [-0.3, -0.25) is 9.52 Å². The van der Waals surface area contributed by atoms with Gasteiger partial charge in [0.1, 0.15) is 18.1 Å². The van der Waals surface area contributed by atoms with Crippen LogP contribution < -0.4 is 39.1 Å². The third kappa shape index (κ3) is 8.42. The summed E-state index contributed by atoms with van der Waals surface area (Å²) in [6, 6.07) is 6.00. The fraction of sp³-hybridized carbons (Fsp3) is 0.250. The van der Waals surface area contributed by atoms with Crippen molar-refractivity contribution in [2.45, 2.75) is 13.8 Å². The number of carbonyl (C=O) groups excluding carboxylic acids is 2. The summed E-state index contributed by atoms with van der Waals surface area (Å²) < 4.78 is 37.5. The molecule has 0 atom stereocenters. The van der Waals surface area contributed by atoms with E-state index in [9.17, 15) is 18.0 Å². The van der Waals surface area contributed by atoms with Crippen molar-refractivity contribution in [3.8, 4) is 5.75 Å². The molecule has 0 fully saturated rings. The van der Waals surface area contributed by atoms with Gasteiger partial charge in [0.05, 0.1) is 0 Å². The van der Waals surface area contributed by atoms with Gasteiger partial charge in [0, 0.05) is 15.8 Å². The van der Waals surface area contributed by atoms with Crippen LogP contribution in [0.1, 0.15) is 21.7 Å². The maximum absolute atomic E-state index is 12.1. The number of rotatable bonds is 7. The molecule has 2 aromatic rings. The Morgan fingerprint density at radius 2 is 1.79 bits per heavy atom. The number of hydrogen-bond donors (Lipinski definition) is 1. The third-order valence-electron chi connectivity index (χ3n) is 3.01. The molecule has 1 heterocycles. The molecule has 150 valence electrons. The van der Waals surface area contributed by atoms with E-state index in [-0.39, 0.29) is 53.4 Å². The minimum absolute atomic E-state index is 0. The van der Waals surface area contributed by atoms with Gasteiger partial charge in [0.15, 0.2) is 11.8 Å². The maximum Gasteiger partial charge on any atom is 1.00 e. The fourth-order valence-electron chi connectivity index (χ4n) is 2.05. The number of amides is 2. The number of ether oxygens (including phenoxy) is 1. The topological polar surface area (TPSA) is 139 Å². The molecular weight excluding hydrogens is 526 g/mol. The number of esters is 1. The van der Waals surface area contributed by atoms with E-state index in [0.29, 0.717) is 15.8 Å². The van der Waals surface area contributed by atoms with Crippen LogP contribution in [0.15, 0.2) is 30.3 Å². The molecule has 0 radical (unpaired) electrons. The number of halogens is 1. The quantitative estimate of drug-likeness (QED) is 0.222. The summed E-state index contributed by atoms with van der Waals surface area (Å²) in [4.78, 5) is 31.8. The van der Waals surface area contributed by atoms with E-state index in [1.807, 2.05) is 22.6 Å². The van der Waals surface area contributed by atoms with Crippen LogP contribution in [0.2, 0.25) is 0 Å². The number of nitrogens with zero attached hydrogens (tertiary/aromatic N) is 3. The second-order valence-corrected chi connectivity index (χ2v) is 7.61. The van der Waals surface area contributed by atoms with Crippen molar-refractivity contribution >= 4 is 50.8 Å². The summed E-state index contributed by atoms with van der Waals surface area (Å²) in [6.45, 7) is 3.54. The van der Waals surface area contributed by atoms with Gasteiger partial charge in [-0.2, -0.15) is 8.42 Å². The SMILES string of the molecule is Cc1cc(C)nc(NC(=O)[N-]S(=O)(=O)Oc2ccccc2C(=O)OCCI)n1.[Na+]. The molecule has 0 aliphatic heterocycles. The van der Waals surface area contributed by atoms with Crippen LogP contribution in [0.5, 0.6) is 5.75 Å². The molecule has 1 N–H and O–H groups in total. The predicted molar refractivity (Wildman–Crippen MR) is 109 cm³/mol. The molecule has 0 saturated carbocycles. The molecule has 29 heavy (non-hydrogen) atoms. The van der Waals surface area contributed by atoms with Gasteiger partial charge in [-0.25, -0.2) is 14.8 Å². The number of nitrogens with one attached hydrogen (secondary N) is 1. The first kappa shape index (κ1) is 25.6. The first-order chi connectivity index (χ1) is 13.2. The molecule has 1 aromatic heterocycles. The largest absolute Gasteiger partial charge is 1.00 e. The number of hydrogen-bond acceptors (Lipinski definition) is 8. The van der Waals surface area contributed by atoms with Crippen LogP contribution in [-0.4, -0.2) is 41.4 Å². The van der Waals surface area contributed by atoms with Crippen LogP contribution >= 0.6 is 22.6 Å². The van der Waals surface area contributed by atoms with Crippen molar-refractivity contribution < 1.29 is 56.5 Å². The normalized spacial score (nSPS) is 10.4. The van der Waals surface area contributed by atoms with E-state index in [0.717, 1.165) is 0 Å². The average Bonchev–Trinajstić information content (AvgIpc) is 2.58. The summed E-state index contributed by atoms with van der Waals surface area (Å²) in [5.74, 6) is -1.15. The molecule has 10 nitrogen and oxygen atoms in total. The Kier molecular flexibility index (Phi) is 10.3. The van der Waals surface area contributed by atoms with E-state index in [1.165, 1.54) is 24.3 Å². The van der Waals surface area contributed by atoms with E-state index in [1.54, 1.807) is 19.9 Å². The van der Waals surface area contributed by atoms with Crippen molar-refractivity contribution in [1.82, 2.24) is 9.97 Å². The average molecular weight is 542 g/mol. The molecule has 0 aliphatic carbocycles. The summed E-state index contributed by atoms with van der Waals surface area (Å²) in [6.07, 6.45) is 0. The van der Waals surface area contributed by atoms with Gasteiger partial charge >= 0.3 is 45.8 Å². The second-order valence-electron chi connectivity index (χ2n) is 5.33. The molecule has 2 rings (SSSR count). The van der Waals surface area contributed by atoms with Crippen LogP contribution in [0.3, 0.4) is 0 Å². The van der Waals surface area contributed by atoms with Gasteiger partial charge in [-0.1, -0.05) is 34.7 Å². The Bertz CT molecular complexity index is 969. The van der Waals surface area contributed by atoms with E-state index < -0.39 is 22.3 Å². The predicted octanol–water partition coefficient (Wildman–Crippen LogP) is -0.0814. The van der Waals surface area contributed by atoms with Crippen molar-refractivity contribution in [2.24, 2.45) is 0 Å². The summed E-state index contributed by atoms with van der Waals surface area (Å²) >= 11 is 2.02. The Hall–Kier alpha value is -1.48. The van der Waals surface area contributed by atoms with Crippen molar-refractivity contribution in [1.29, 1.82) is 0 Å². The standard InChI is InChI=1S/C16H17IN4O6S.Na/c1-10-9-11(2)19-15(18-10)20-16(23)21-28(24,25)27-13-6-4-3-5-12(13)14(22)26-8-7-17;/h3-6,9H,7-8H2,1-2H3,(H2,18,19,20,21,23);/q;+1/p-1. The van der Waals surface area contributed by atoms with E-state index in [2.05, 4.69) is 20.0 Å². The number of para-hydroxylation sites is 1. The fourth-order valence-corrected chi connectivity index (χ4v) is 2.93. The second kappa shape index (κ2) is 11.6. The molecular formula is C16H16IN4NaO6S. The zero-order valence-electron chi connectivity index (χ0n) is 15.9. The molecule has 0 unspecified atom stereocenters. The number of benzene rings is 1. The molecule has 1 aromatic carbocycles. The van der Waals surface area contributed by atoms with E-state index in [4.69, 9.17) is 8.92 Å². The maximum atomic E-state index is 12.1. The minimum atomic E-state index is -4.70. The number of urea groups is 1. The Labute approximate surface area is 203 Å². The smallest absolute Gasteiger partial charge is 0.461 e. The zero-order valence-corrected chi connectivity index (χ0v) is 20.9. The van der Waals surface area contributed by atoms with Crippen LogP contribution in [0.25, 0.3) is 4.72 Å². The number of carbonyl (C=O) groups is 2. The van der Waals surface area contributed by atoms with Crippen molar-refractivity contribution in [3.63, 3.8) is 0 Å². The number of aromatic nitrogens is 2. The van der Waals surface area contributed by atoms with Crippen LogP contribution in [0, 0.1) is 13.8 Å². The number of anilines is 1. The first-order valence-electron chi connectivity index (χ1n) is 7.83. The number of alkyl halides is 1. The van der Waals surface area contributed by atoms with E-state index >= 15 is 0 Å². The molecule has 0 saturated heterocycles. The van der Waals surface area contributed by atoms with Gasteiger partial charge < -0.3 is 14.2 Å². The molecule has 2 amide bonds. The molecule has 13 heteroatoms. The monoisotopic (exact) mass is 542 g/mol. The molecule has 0 aliphatic rings. The Morgan fingerprint density at radius 3 is 2.41 bits per heavy atom. The first-order valence-corrected chi connectivity index (χ1v) is 10.7. The summed E-state index contributed by atoms with van der Waals surface area (Å²) in [5, 5.41) is 2.15. The molecule has 0 spiro atoms. The summed E-state index contributed by atoms with van der Waals surface area (Å²) in [5.41, 5.74) is 1.06. The van der Waals surface area contributed by atoms with Gasteiger partial charge in [0.2, 0.25) is 0 Å². The van der Waals surface area contributed by atoms with Crippen molar-refractivity contribution in [2.75, 3.05) is 16.4 Å². The van der Waals surface area contributed by atoms with Crippen LogP contribution in [0.4, 0.5) is 10.7 Å². The van der Waals surface area contributed by atoms with Gasteiger partial charge in [-0.05, 0) is 32.0 Å². The molecule has 0 bridgehead atoms. The van der Waals surface area contributed by atoms with Gasteiger partial charge in [-0.15, -0.1) is 0 Å². The van der Waals surface area contributed by atoms with Crippen LogP contribution in [-0.2, 0) is 15.0 Å². The summed E-state index contributed by atoms with van der Waals surface area (Å²) in [7, 11) is -4.70. The van der Waals surface area contributed by atoms with Gasteiger partial charge in [0.25, 0.3) is 0 Å². The minimum Gasteiger partial charge on any atom is -0.461 e. The van der Waals surface area contributed by atoms with Crippen molar-refractivity contribution in [3.05, 3.63) is 52.0 Å². The third-order valence-corrected chi connectivity index (χ3v) is 4.23. The number of aryl methyl sites for hydroxylation is 2. The zero-order chi connectivity index (χ0) is 20.7. The Morgan fingerprint density at radius 1 is 1.17 bits per heavy atom. The Balaban J connectivity index is 0.00000420.